The number of benzene rings is 2. The molecule has 6 heteroatoms. The summed E-state index contributed by atoms with van der Waals surface area (Å²) in [4.78, 5) is 38.4. The van der Waals surface area contributed by atoms with Crippen LogP contribution in [0.4, 0.5) is 5.69 Å². The number of nitrogens with one attached hydrogen (secondary N) is 1. The van der Waals surface area contributed by atoms with Crippen molar-refractivity contribution in [3.05, 3.63) is 74.9 Å². The van der Waals surface area contributed by atoms with Crippen LogP contribution in [0.15, 0.2) is 58.1 Å². The zero-order valence-electron chi connectivity index (χ0n) is 15.7. The van der Waals surface area contributed by atoms with Crippen LogP contribution in [0.2, 0.25) is 0 Å². The van der Waals surface area contributed by atoms with Crippen molar-refractivity contribution < 1.29 is 4.79 Å². The third-order valence-corrected chi connectivity index (χ3v) is 4.83. The standard InChI is InChI=1S/C21H23N3O3/c1-4-15(3)24-20(26)16-10-6-8-12-18(16)23(21(24)27)13-19(25)22-17-11-7-5-9-14(17)2/h5-12,15H,4,13H2,1-3H3,(H,22,25). The molecule has 0 aliphatic heterocycles. The molecule has 0 spiro atoms. The van der Waals surface area contributed by atoms with Gasteiger partial charge in [-0.15, -0.1) is 0 Å². The van der Waals surface area contributed by atoms with Gasteiger partial charge in [0.1, 0.15) is 6.54 Å². The number of hydrogen-bond acceptors (Lipinski definition) is 3. The first-order valence-electron chi connectivity index (χ1n) is 9.03. The van der Waals surface area contributed by atoms with Gasteiger partial charge < -0.3 is 5.32 Å². The molecule has 0 bridgehead atoms. The summed E-state index contributed by atoms with van der Waals surface area (Å²) < 4.78 is 2.61. The van der Waals surface area contributed by atoms with Crippen molar-refractivity contribution in [2.24, 2.45) is 0 Å². The van der Waals surface area contributed by atoms with E-state index in [9.17, 15) is 14.4 Å². The Hall–Kier alpha value is -3.15. The van der Waals surface area contributed by atoms with Crippen molar-refractivity contribution in [1.29, 1.82) is 0 Å². The molecule has 27 heavy (non-hydrogen) atoms. The van der Waals surface area contributed by atoms with Crippen molar-refractivity contribution in [2.75, 3.05) is 5.32 Å². The normalized spacial score (nSPS) is 12.1. The highest BCUT2D eigenvalue weighted by Gasteiger charge is 2.18. The second-order valence-corrected chi connectivity index (χ2v) is 6.68. The molecule has 0 saturated carbocycles. The highest BCUT2D eigenvalue weighted by molar-refractivity contribution is 5.92. The van der Waals surface area contributed by atoms with Gasteiger partial charge in [0, 0.05) is 11.7 Å². The van der Waals surface area contributed by atoms with Crippen LogP contribution >= 0.6 is 0 Å². The zero-order chi connectivity index (χ0) is 19.6. The Bertz CT molecular complexity index is 1110. The summed E-state index contributed by atoms with van der Waals surface area (Å²) in [5, 5.41) is 3.27. The quantitative estimate of drug-likeness (QED) is 0.755. The van der Waals surface area contributed by atoms with Crippen molar-refractivity contribution in [3.8, 4) is 0 Å². The van der Waals surface area contributed by atoms with E-state index in [0.29, 0.717) is 23.0 Å². The van der Waals surface area contributed by atoms with Crippen LogP contribution in [0, 0.1) is 6.92 Å². The molecule has 2 aromatic carbocycles. The molecular weight excluding hydrogens is 342 g/mol. The van der Waals surface area contributed by atoms with E-state index < -0.39 is 5.69 Å². The first kappa shape index (κ1) is 18.6. The van der Waals surface area contributed by atoms with Crippen LogP contribution in [0.25, 0.3) is 10.9 Å². The molecule has 1 atom stereocenters. The predicted octanol–water partition coefficient (Wildman–Crippen LogP) is 3.08. The lowest BCUT2D eigenvalue weighted by Gasteiger charge is -2.17. The Morgan fingerprint density at radius 3 is 2.44 bits per heavy atom. The van der Waals surface area contributed by atoms with Gasteiger partial charge in [0.05, 0.1) is 10.9 Å². The number of amides is 1. The monoisotopic (exact) mass is 365 g/mol. The second-order valence-electron chi connectivity index (χ2n) is 6.68. The van der Waals surface area contributed by atoms with E-state index in [1.165, 1.54) is 9.13 Å². The first-order valence-corrected chi connectivity index (χ1v) is 9.03. The Labute approximate surface area is 157 Å². The minimum Gasteiger partial charge on any atom is -0.324 e. The maximum Gasteiger partial charge on any atom is 0.332 e. The van der Waals surface area contributed by atoms with Gasteiger partial charge in [-0.25, -0.2) is 4.79 Å². The van der Waals surface area contributed by atoms with E-state index >= 15 is 0 Å². The lowest BCUT2D eigenvalue weighted by atomic mass is 10.2. The average Bonchev–Trinajstić information content (AvgIpc) is 2.67. The highest BCUT2D eigenvalue weighted by Crippen LogP contribution is 2.14. The molecule has 1 unspecified atom stereocenters. The molecule has 140 valence electrons. The number of nitrogens with zero attached hydrogens (tertiary/aromatic N) is 2. The van der Waals surface area contributed by atoms with Crippen molar-refractivity contribution in [2.45, 2.75) is 39.8 Å². The van der Waals surface area contributed by atoms with Gasteiger partial charge in [-0.3, -0.25) is 18.7 Å². The molecule has 6 nitrogen and oxygen atoms in total. The molecule has 0 radical (unpaired) electrons. The van der Waals surface area contributed by atoms with E-state index in [1.807, 2.05) is 45.0 Å². The fourth-order valence-corrected chi connectivity index (χ4v) is 3.11. The van der Waals surface area contributed by atoms with Gasteiger partial charge in [0.15, 0.2) is 0 Å². The molecule has 1 aromatic heterocycles. The fourth-order valence-electron chi connectivity index (χ4n) is 3.11. The third-order valence-electron chi connectivity index (χ3n) is 4.83. The number of aryl methyl sites for hydroxylation is 1. The number of aromatic nitrogens is 2. The van der Waals surface area contributed by atoms with Crippen LogP contribution in [-0.4, -0.2) is 15.0 Å². The van der Waals surface area contributed by atoms with Crippen molar-refractivity contribution >= 4 is 22.5 Å². The molecule has 0 fully saturated rings. The lowest BCUT2D eigenvalue weighted by Crippen LogP contribution is -2.43. The largest absolute Gasteiger partial charge is 0.332 e. The Kier molecular flexibility index (Phi) is 5.26. The van der Waals surface area contributed by atoms with Gasteiger partial charge in [-0.2, -0.15) is 0 Å². The second kappa shape index (κ2) is 7.61. The van der Waals surface area contributed by atoms with Crippen molar-refractivity contribution in [1.82, 2.24) is 9.13 Å². The lowest BCUT2D eigenvalue weighted by molar-refractivity contribution is -0.116. The first-order chi connectivity index (χ1) is 12.9. The number of para-hydroxylation sites is 2. The van der Waals surface area contributed by atoms with E-state index in [1.54, 1.807) is 24.3 Å². The van der Waals surface area contributed by atoms with E-state index in [0.717, 1.165) is 5.56 Å². The number of anilines is 1. The third kappa shape index (κ3) is 3.56. The van der Waals surface area contributed by atoms with Crippen LogP contribution < -0.4 is 16.6 Å². The summed E-state index contributed by atoms with van der Waals surface area (Å²) in [5.41, 5.74) is 1.32. The number of hydrogen-bond donors (Lipinski definition) is 1. The van der Waals surface area contributed by atoms with E-state index in [2.05, 4.69) is 5.32 Å². The van der Waals surface area contributed by atoms with Crippen LogP contribution in [0.3, 0.4) is 0 Å². The minimum absolute atomic E-state index is 0.162. The summed E-state index contributed by atoms with van der Waals surface area (Å²) in [6, 6.07) is 14.1. The van der Waals surface area contributed by atoms with Crippen LogP contribution in [0.5, 0.6) is 0 Å². The molecule has 0 aliphatic carbocycles. The minimum atomic E-state index is -0.465. The van der Waals surface area contributed by atoms with Gasteiger partial charge in [0.2, 0.25) is 5.91 Å². The van der Waals surface area contributed by atoms with Crippen LogP contribution in [-0.2, 0) is 11.3 Å². The molecule has 1 N–H and O–H groups in total. The van der Waals surface area contributed by atoms with Gasteiger partial charge in [-0.1, -0.05) is 37.3 Å². The Balaban J connectivity index is 2.08. The van der Waals surface area contributed by atoms with Gasteiger partial charge >= 0.3 is 5.69 Å². The maximum absolute atomic E-state index is 13.0. The molecule has 1 heterocycles. The molecule has 0 aliphatic rings. The fraction of sp³-hybridized carbons (Fsp3) is 0.286. The molecular formula is C21H23N3O3. The summed E-state index contributed by atoms with van der Waals surface area (Å²) in [6.45, 7) is 5.49. The molecule has 3 aromatic rings. The van der Waals surface area contributed by atoms with Crippen molar-refractivity contribution in [3.63, 3.8) is 0 Å². The summed E-state index contributed by atoms with van der Waals surface area (Å²) >= 11 is 0. The summed E-state index contributed by atoms with van der Waals surface area (Å²) in [5.74, 6) is -0.314. The number of carbonyl (C=O) groups excluding carboxylic acids is 1. The summed E-state index contributed by atoms with van der Waals surface area (Å²) in [6.07, 6.45) is 0.642. The number of fused-ring (bicyclic) bond motifs is 1. The van der Waals surface area contributed by atoms with Crippen LogP contribution in [0.1, 0.15) is 31.9 Å². The predicted molar refractivity (Wildman–Crippen MR) is 107 cm³/mol. The molecule has 3 rings (SSSR count). The van der Waals surface area contributed by atoms with Gasteiger partial charge in [0.25, 0.3) is 5.56 Å². The Morgan fingerprint density at radius 1 is 1.07 bits per heavy atom. The van der Waals surface area contributed by atoms with E-state index in [4.69, 9.17) is 0 Å². The summed E-state index contributed by atoms with van der Waals surface area (Å²) in [7, 11) is 0. The number of carbonyl (C=O) groups is 1. The smallest absolute Gasteiger partial charge is 0.324 e. The zero-order valence-corrected chi connectivity index (χ0v) is 15.7. The topological polar surface area (TPSA) is 73.1 Å². The Morgan fingerprint density at radius 2 is 1.74 bits per heavy atom. The SMILES string of the molecule is CCC(C)n1c(=O)c2ccccc2n(CC(=O)Nc2ccccc2C)c1=O. The molecule has 1 amide bonds. The number of rotatable bonds is 5. The average molecular weight is 365 g/mol. The highest BCUT2D eigenvalue weighted by atomic mass is 16.2. The molecule has 0 saturated heterocycles. The maximum atomic E-state index is 13.0. The van der Waals surface area contributed by atoms with Gasteiger partial charge in [-0.05, 0) is 44.0 Å². The van der Waals surface area contributed by atoms with E-state index in [-0.39, 0.29) is 24.1 Å².